The van der Waals surface area contributed by atoms with Gasteiger partial charge < -0.3 is 10.0 Å². The van der Waals surface area contributed by atoms with E-state index in [2.05, 4.69) is 15.9 Å². The average Bonchev–Trinajstić information content (AvgIpc) is 2.92. The number of nitro benzene ring substituents is 1. The summed E-state index contributed by atoms with van der Waals surface area (Å²) in [5.41, 5.74) is 0.229. The first-order valence-electron chi connectivity index (χ1n) is 6.90. The number of hydrogen-bond acceptors (Lipinski definition) is 4. The molecule has 2 rings (SSSR count). The second-order valence-electron chi connectivity index (χ2n) is 5.08. The minimum Gasteiger partial charge on any atom is -0.396 e. The van der Waals surface area contributed by atoms with Gasteiger partial charge in [0.2, 0.25) is 0 Å². The molecular formula is C14H17BrN2O4. The Kier molecular flexibility index (Phi) is 5.30. The Hall–Kier alpha value is -1.47. The highest BCUT2D eigenvalue weighted by molar-refractivity contribution is 9.10. The molecule has 1 aliphatic rings. The molecule has 1 aliphatic heterocycles. The number of nitrogens with zero attached hydrogens (tertiary/aromatic N) is 2. The Bertz CT molecular complexity index is 550. The summed E-state index contributed by atoms with van der Waals surface area (Å²) in [6.45, 7) is 0.779. The van der Waals surface area contributed by atoms with Crippen LogP contribution in [0.4, 0.5) is 5.69 Å². The lowest BCUT2D eigenvalue weighted by Gasteiger charge is -2.24. The number of likely N-dealkylation sites (tertiary alicyclic amines) is 1. The largest absolute Gasteiger partial charge is 0.396 e. The summed E-state index contributed by atoms with van der Waals surface area (Å²) in [5, 5.41) is 19.9. The lowest BCUT2D eigenvalue weighted by atomic mass is 10.1. The van der Waals surface area contributed by atoms with Crippen LogP contribution in [0.25, 0.3) is 0 Å². The molecule has 1 N–H and O–H groups in total. The van der Waals surface area contributed by atoms with Crippen LogP contribution in [0, 0.1) is 10.1 Å². The molecule has 7 heteroatoms. The summed E-state index contributed by atoms with van der Waals surface area (Å²) in [7, 11) is 0. The van der Waals surface area contributed by atoms with Crippen LogP contribution in [0.15, 0.2) is 22.7 Å². The highest BCUT2D eigenvalue weighted by Crippen LogP contribution is 2.28. The number of aliphatic hydroxyl groups excluding tert-OH is 1. The van der Waals surface area contributed by atoms with Crippen molar-refractivity contribution < 1.29 is 14.8 Å². The molecular weight excluding hydrogens is 340 g/mol. The molecule has 0 bridgehead atoms. The fraction of sp³-hybridized carbons (Fsp3) is 0.500. The molecule has 6 nitrogen and oxygen atoms in total. The van der Waals surface area contributed by atoms with Crippen molar-refractivity contribution in [3.63, 3.8) is 0 Å². The van der Waals surface area contributed by atoms with E-state index in [9.17, 15) is 14.9 Å². The summed E-state index contributed by atoms with van der Waals surface area (Å²) >= 11 is 3.12. The van der Waals surface area contributed by atoms with Crippen LogP contribution in [-0.4, -0.2) is 40.0 Å². The van der Waals surface area contributed by atoms with Crippen LogP contribution in [0.1, 0.15) is 36.0 Å². The van der Waals surface area contributed by atoms with E-state index in [4.69, 9.17) is 5.11 Å². The highest BCUT2D eigenvalue weighted by atomic mass is 79.9. The summed E-state index contributed by atoms with van der Waals surface area (Å²) in [5.74, 6) is -0.175. The standard InChI is InChI=1S/C14H17BrN2O4/c15-12-6-5-10(9-13(12)17(20)21)14(19)16-7-1-3-11(16)4-2-8-18/h5-6,9,11,18H,1-4,7-8H2. The van der Waals surface area contributed by atoms with E-state index in [1.807, 2.05) is 0 Å². The Morgan fingerprint density at radius 1 is 1.52 bits per heavy atom. The fourth-order valence-corrected chi connectivity index (χ4v) is 3.07. The summed E-state index contributed by atoms with van der Waals surface area (Å²) < 4.78 is 0.363. The highest BCUT2D eigenvalue weighted by Gasteiger charge is 2.29. The summed E-state index contributed by atoms with van der Waals surface area (Å²) in [6, 6.07) is 4.56. The van der Waals surface area contributed by atoms with Gasteiger partial charge in [0.25, 0.3) is 11.6 Å². The van der Waals surface area contributed by atoms with Gasteiger partial charge in [0, 0.05) is 30.8 Å². The van der Waals surface area contributed by atoms with Crippen molar-refractivity contribution in [1.82, 2.24) is 4.90 Å². The molecule has 0 radical (unpaired) electrons. The first-order chi connectivity index (χ1) is 10.0. The monoisotopic (exact) mass is 356 g/mol. The number of nitro groups is 1. The van der Waals surface area contributed by atoms with Crippen LogP contribution < -0.4 is 0 Å². The third kappa shape index (κ3) is 3.59. The summed E-state index contributed by atoms with van der Waals surface area (Å²) in [4.78, 5) is 24.7. The molecule has 1 heterocycles. The number of aliphatic hydroxyl groups is 1. The SMILES string of the molecule is O=C(c1ccc(Br)c([N+](=O)[O-])c1)N1CCCC1CCCO. The van der Waals surface area contributed by atoms with E-state index in [1.54, 1.807) is 11.0 Å². The molecule has 1 atom stereocenters. The molecule has 21 heavy (non-hydrogen) atoms. The van der Waals surface area contributed by atoms with Gasteiger partial charge in [0.15, 0.2) is 0 Å². The number of carbonyl (C=O) groups excluding carboxylic acids is 1. The minimum absolute atomic E-state index is 0.105. The van der Waals surface area contributed by atoms with E-state index >= 15 is 0 Å². The lowest BCUT2D eigenvalue weighted by Crippen LogP contribution is -2.35. The third-order valence-electron chi connectivity index (χ3n) is 3.72. The van der Waals surface area contributed by atoms with Crippen LogP contribution in [0.3, 0.4) is 0 Å². The Morgan fingerprint density at radius 3 is 2.95 bits per heavy atom. The lowest BCUT2D eigenvalue weighted by molar-refractivity contribution is -0.385. The van der Waals surface area contributed by atoms with Gasteiger partial charge in [0.05, 0.1) is 9.40 Å². The quantitative estimate of drug-likeness (QED) is 0.649. The van der Waals surface area contributed by atoms with Crippen molar-refractivity contribution >= 4 is 27.5 Å². The molecule has 114 valence electrons. The van der Waals surface area contributed by atoms with Crippen LogP contribution >= 0.6 is 15.9 Å². The van der Waals surface area contributed by atoms with Crippen LogP contribution in [0.5, 0.6) is 0 Å². The van der Waals surface area contributed by atoms with Crippen LogP contribution in [0.2, 0.25) is 0 Å². The van der Waals surface area contributed by atoms with Crippen molar-refractivity contribution in [3.05, 3.63) is 38.3 Å². The number of carbonyl (C=O) groups is 1. The Labute approximate surface area is 131 Å². The van der Waals surface area contributed by atoms with Crippen molar-refractivity contribution in [2.45, 2.75) is 31.7 Å². The van der Waals surface area contributed by atoms with Crippen molar-refractivity contribution in [2.75, 3.05) is 13.2 Å². The predicted octanol–water partition coefficient (Wildman–Crippen LogP) is 2.73. The van der Waals surface area contributed by atoms with Gasteiger partial charge in [-0.05, 0) is 53.7 Å². The molecule has 1 unspecified atom stereocenters. The predicted molar refractivity (Wildman–Crippen MR) is 81.2 cm³/mol. The Balaban J connectivity index is 2.19. The zero-order valence-electron chi connectivity index (χ0n) is 11.5. The van der Waals surface area contributed by atoms with Gasteiger partial charge in [-0.15, -0.1) is 0 Å². The van der Waals surface area contributed by atoms with Crippen LogP contribution in [-0.2, 0) is 0 Å². The molecule has 0 aliphatic carbocycles. The fourth-order valence-electron chi connectivity index (χ4n) is 2.68. The van der Waals surface area contributed by atoms with E-state index in [1.165, 1.54) is 12.1 Å². The topological polar surface area (TPSA) is 83.7 Å². The number of benzene rings is 1. The second kappa shape index (κ2) is 7.00. The van der Waals surface area contributed by atoms with Crippen molar-refractivity contribution in [3.8, 4) is 0 Å². The molecule has 1 aromatic carbocycles. The minimum atomic E-state index is -0.506. The maximum Gasteiger partial charge on any atom is 0.284 e. The molecule has 0 spiro atoms. The van der Waals surface area contributed by atoms with E-state index in [-0.39, 0.29) is 24.2 Å². The number of hydrogen-bond donors (Lipinski definition) is 1. The molecule has 0 saturated carbocycles. The Morgan fingerprint density at radius 2 is 2.29 bits per heavy atom. The molecule has 1 saturated heterocycles. The molecule has 1 aromatic rings. The number of halogens is 1. The first-order valence-corrected chi connectivity index (χ1v) is 7.69. The zero-order valence-corrected chi connectivity index (χ0v) is 13.1. The van der Waals surface area contributed by atoms with E-state index in [0.717, 1.165) is 19.3 Å². The molecule has 1 amide bonds. The van der Waals surface area contributed by atoms with E-state index < -0.39 is 4.92 Å². The van der Waals surface area contributed by atoms with Gasteiger partial charge in [-0.3, -0.25) is 14.9 Å². The van der Waals surface area contributed by atoms with Gasteiger partial charge in [0.1, 0.15) is 0 Å². The molecule has 1 fully saturated rings. The van der Waals surface area contributed by atoms with Gasteiger partial charge in [-0.1, -0.05) is 0 Å². The number of rotatable bonds is 5. The smallest absolute Gasteiger partial charge is 0.284 e. The van der Waals surface area contributed by atoms with Gasteiger partial charge >= 0.3 is 0 Å². The van der Waals surface area contributed by atoms with Crippen molar-refractivity contribution in [1.29, 1.82) is 0 Å². The average molecular weight is 357 g/mol. The molecule has 0 aromatic heterocycles. The normalized spacial score (nSPS) is 18.0. The second-order valence-corrected chi connectivity index (χ2v) is 5.94. The van der Waals surface area contributed by atoms with Crippen molar-refractivity contribution in [2.24, 2.45) is 0 Å². The maximum atomic E-state index is 12.5. The number of amides is 1. The third-order valence-corrected chi connectivity index (χ3v) is 4.39. The van der Waals surface area contributed by atoms with Gasteiger partial charge in [-0.25, -0.2) is 0 Å². The summed E-state index contributed by atoms with van der Waals surface area (Å²) in [6.07, 6.45) is 3.28. The first kappa shape index (κ1) is 15.9. The maximum absolute atomic E-state index is 12.5. The zero-order chi connectivity index (χ0) is 15.4. The van der Waals surface area contributed by atoms with Gasteiger partial charge in [-0.2, -0.15) is 0 Å². The van der Waals surface area contributed by atoms with E-state index in [0.29, 0.717) is 23.0 Å².